The Morgan fingerprint density at radius 2 is 2.43 bits per heavy atom. The third kappa shape index (κ3) is 2.23. The van der Waals surface area contributed by atoms with Crippen LogP contribution in [0.25, 0.3) is 0 Å². The van der Waals surface area contributed by atoms with Gasteiger partial charge in [0.1, 0.15) is 5.56 Å². The van der Waals surface area contributed by atoms with Crippen LogP contribution in [-0.2, 0) is 0 Å². The lowest BCUT2D eigenvalue weighted by atomic mass is 10.2. The summed E-state index contributed by atoms with van der Waals surface area (Å²) in [7, 11) is 0. The van der Waals surface area contributed by atoms with Crippen molar-refractivity contribution < 1.29 is 4.79 Å². The van der Waals surface area contributed by atoms with E-state index in [4.69, 9.17) is 6.42 Å². The second-order valence-corrected chi connectivity index (χ2v) is 2.77. The quantitative estimate of drug-likeness (QED) is 0.651. The van der Waals surface area contributed by atoms with Crippen LogP contribution >= 0.6 is 0 Å². The van der Waals surface area contributed by atoms with Crippen LogP contribution in [0.15, 0.2) is 23.1 Å². The van der Waals surface area contributed by atoms with Crippen molar-refractivity contribution >= 4 is 5.91 Å². The van der Waals surface area contributed by atoms with Crippen molar-refractivity contribution in [3.05, 3.63) is 34.2 Å². The molecule has 2 N–H and O–H groups in total. The van der Waals surface area contributed by atoms with Gasteiger partial charge in [0, 0.05) is 6.20 Å². The third-order valence-electron chi connectivity index (χ3n) is 1.66. The smallest absolute Gasteiger partial charge is 0.260 e. The van der Waals surface area contributed by atoms with Gasteiger partial charge in [-0.05, 0) is 19.1 Å². The highest BCUT2D eigenvalue weighted by Crippen LogP contribution is 1.90. The first kappa shape index (κ1) is 10.1. The maximum absolute atomic E-state index is 11.4. The third-order valence-corrected chi connectivity index (χ3v) is 1.66. The number of carbonyl (C=O) groups excluding carboxylic acids is 1. The SMILES string of the molecule is C#CC(C)NC(=O)c1ccc[nH]c1=O. The Balaban J connectivity index is 2.87. The molecular weight excluding hydrogens is 180 g/mol. The topological polar surface area (TPSA) is 62.0 Å². The molecule has 4 nitrogen and oxygen atoms in total. The zero-order valence-corrected chi connectivity index (χ0v) is 7.70. The maximum atomic E-state index is 11.4. The maximum Gasteiger partial charge on any atom is 0.260 e. The van der Waals surface area contributed by atoms with Gasteiger partial charge in [-0.3, -0.25) is 9.59 Å². The van der Waals surface area contributed by atoms with E-state index in [0.29, 0.717) is 0 Å². The van der Waals surface area contributed by atoms with Crippen LogP contribution in [0.5, 0.6) is 0 Å². The molecule has 0 aliphatic rings. The molecule has 0 saturated heterocycles. The number of pyridine rings is 1. The van der Waals surface area contributed by atoms with E-state index in [1.54, 1.807) is 13.0 Å². The molecule has 1 atom stereocenters. The molecule has 0 spiro atoms. The fourth-order valence-electron chi connectivity index (χ4n) is 0.916. The van der Waals surface area contributed by atoms with Gasteiger partial charge >= 0.3 is 0 Å². The fraction of sp³-hybridized carbons (Fsp3) is 0.200. The number of rotatable bonds is 2. The van der Waals surface area contributed by atoms with Crippen LogP contribution in [0.2, 0.25) is 0 Å². The van der Waals surface area contributed by atoms with Crippen LogP contribution in [-0.4, -0.2) is 16.9 Å². The Labute approximate surface area is 81.3 Å². The molecule has 72 valence electrons. The van der Waals surface area contributed by atoms with E-state index in [1.165, 1.54) is 12.3 Å². The van der Waals surface area contributed by atoms with Crippen molar-refractivity contribution in [2.75, 3.05) is 0 Å². The molecule has 1 heterocycles. The predicted molar refractivity (Wildman–Crippen MR) is 52.8 cm³/mol. The van der Waals surface area contributed by atoms with Gasteiger partial charge < -0.3 is 10.3 Å². The molecule has 1 amide bonds. The summed E-state index contributed by atoms with van der Waals surface area (Å²) in [6, 6.07) is 2.64. The van der Waals surface area contributed by atoms with E-state index in [9.17, 15) is 9.59 Å². The number of terminal acetylenes is 1. The molecule has 0 radical (unpaired) electrons. The fourth-order valence-corrected chi connectivity index (χ4v) is 0.916. The average Bonchev–Trinajstić information content (AvgIpc) is 2.18. The van der Waals surface area contributed by atoms with Crippen LogP contribution in [0.1, 0.15) is 17.3 Å². The van der Waals surface area contributed by atoms with Crippen LogP contribution in [0, 0.1) is 12.3 Å². The Bertz CT molecular complexity index is 428. The summed E-state index contributed by atoms with van der Waals surface area (Å²) in [5.74, 6) is 1.88. The number of carbonyl (C=O) groups is 1. The van der Waals surface area contributed by atoms with Gasteiger partial charge in [0.15, 0.2) is 0 Å². The minimum Gasteiger partial charge on any atom is -0.339 e. The largest absolute Gasteiger partial charge is 0.339 e. The summed E-state index contributed by atoms with van der Waals surface area (Å²) in [5, 5.41) is 2.49. The second kappa shape index (κ2) is 4.28. The molecular formula is C10H10N2O2. The van der Waals surface area contributed by atoms with E-state index in [1.807, 2.05) is 0 Å². The zero-order chi connectivity index (χ0) is 10.6. The summed E-state index contributed by atoms with van der Waals surface area (Å²) >= 11 is 0. The van der Waals surface area contributed by atoms with E-state index in [0.717, 1.165) is 0 Å². The minimum atomic E-state index is -0.461. The molecule has 0 bridgehead atoms. The minimum absolute atomic E-state index is 0.0644. The van der Waals surface area contributed by atoms with Gasteiger partial charge in [-0.25, -0.2) is 0 Å². The van der Waals surface area contributed by atoms with Gasteiger partial charge in [0.05, 0.1) is 6.04 Å². The molecule has 0 aliphatic heterocycles. The monoisotopic (exact) mass is 190 g/mol. The number of aromatic nitrogens is 1. The number of amides is 1. The molecule has 1 aromatic rings. The van der Waals surface area contributed by atoms with Crippen LogP contribution < -0.4 is 10.9 Å². The number of H-pyrrole nitrogens is 1. The number of nitrogens with one attached hydrogen (secondary N) is 2. The second-order valence-electron chi connectivity index (χ2n) is 2.77. The summed E-state index contributed by atoms with van der Waals surface area (Å²) in [6.07, 6.45) is 6.55. The van der Waals surface area contributed by atoms with Crippen LogP contribution in [0.4, 0.5) is 0 Å². The van der Waals surface area contributed by atoms with Gasteiger partial charge in [-0.2, -0.15) is 0 Å². The summed E-state index contributed by atoms with van der Waals surface area (Å²) in [4.78, 5) is 25.0. The number of aromatic amines is 1. The van der Waals surface area contributed by atoms with Crippen molar-refractivity contribution in [2.45, 2.75) is 13.0 Å². The molecule has 0 aromatic carbocycles. The molecule has 1 unspecified atom stereocenters. The zero-order valence-electron chi connectivity index (χ0n) is 7.70. The number of hydrogen-bond acceptors (Lipinski definition) is 2. The first-order valence-corrected chi connectivity index (χ1v) is 4.10. The molecule has 0 saturated carbocycles. The summed E-state index contributed by atoms with van der Waals surface area (Å²) < 4.78 is 0. The molecule has 14 heavy (non-hydrogen) atoms. The van der Waals surface area contributed by atoms with Crippen molar-refractivity contribution in [2.24, 2.45) is 0 Å². The van der Waals surface area contributed by atoms with E-state index in [-0.39, 0.29) is 11.6 Å². The van der Waals surface area contributed by atoms with E-state index >= 15 is 0 Å². The van der Waals surface area contributed by atoms with Crippen molar-refractivity contribution in [1.82, 2.24) is 10.3 Å². The van der Waals surface area contributed by atoms with Gasteiger partial charge in [0.25, 0.3) is 11.5 Å². The molecule has 1 rings (SSSR count). The highest BCUT2D eigenvalue weighted by molar-refractivity contribution is 5.94. The van der Waals surface area contributed by atoms with Gasteiger partial charge in [-0.15, -0.1) is 6.42 Å². The molecule has 0 fully saturated rings. The first-order valence-electron chi connectivity index (χ1n) is 4.10. The molecule has 4 heteroatoms. The average molecular weight is 190 g/mol. The van der Waals surface area contributed by atoms with Crippen LogP contribution in [0.3, 0.4) is 0 Å². The normalized spacial score (nSPS) is 11.4. The lowest BCUT2D eigenvalue weighted by Crippen LogP contribution is -2.34. The first-order chi connectivity index (χ1) is 6.65. The van der Waals surface area contributed by atoms with Crippen molar-refractivity contribution in [3.63, 3.8) is 0 Å². The Morgan fingerprint density at radius 1 is 1.71 bits per heavy atom. The van der Waals surface area contributed by atoms with Gasteiger partial charge in [-0.1, -0.05) is 5.92 Å². The van der Waals surface area contributed by atoms with Crippen molar-refractivity contribution in [1.29, 1.82) is 0 Å². The highest BCUT2D eigenvalue weighted by Gasteiger charge is 2.10. The summed E-state index contributed by atoms with van der Waals surface area (Å²) in [6.45, 7) is 1.66. The molecule has 1 aromatic heterocycles. The van der Waals surface area contributed by atoms with E-state index in [2.05, 4.69) is 16.2 Å². The highest BCUT2D eigenvalue weighted by atomic mass is 16.2. The Hall–Kier alpha value is -2.02. The molecule has 0 aliphatic carbocycles. The van der Waals surface area contributed by atoms with E-state index < -0.39 is 11.5 Å². The lowest BCUT2D eigenvalue weighted by Gasteiger charge is -2.06. The van der Waals surface area contributed by atoms with Crippen molar-refractivity contribution in [3.8, 4) is 12.3 Å². The summed E-state index contributed by atoms with van der Waals surface area (Å²) in [5.41, 5.74) is -0.358. The Kier molecular flexibility index (Phi) is 3.08. The lowest BCUT2D eigenvalue weighted by molar-refractivity contribution is 0.0946. The Morgan fingerprint density at radius 3 is 3.00 bits per heavy atom. The standard InChI is InChI=1S/C10H10N2O2/c1-3-7(2)12-10(14)8-5-4-6-11-9(8)13/h1,4-7H,2H3,(H,11,13)(H,12,14). The van der Waals surface area contributed by atoms with Gasteiger partial charge in [0.2, 0.25) is 0 Å². The predicted octanol–water partition coefficient (Wildman–Crippen LogP) is 0.126. The number of hydrogen-bond donors (Lipinski definition) is 2.